The van der Waals surface area contributed by atoms with E-state index in [9.17, 15) is 4.79 Å². The van der Waals surface area contributed by atoms with Gasteiger partial charge in [-0.3, -0.25) is 9.79 Å². The number of hydrogen-bond acceptors (Lipinski definition) is 3. The summed E-state index contributed by atoms with van der Waals surface area (Å²) in [7, 11) is 0. The Hall–Kier alpha value is -0.720. The summed E-state index contributed by atoms with van der Waals surface area (Å²) in [4.78, 5) is 17.3. The molecule has 0 saturated heterocycles. The molecule has 0 fully saturated rings. The summed E-state index contributed by atoms with van der Waals surface area (Å²) >= 11 is 0. The first-order chi connectivity index (χ1) is 7.52. The molecular formula is C10H25Cl2N5O. The van der Waals surface area contributed by atoms with Crippen LogP contribution in [-0.2, 0) is 4.79 Å². The van der Waals surface area contributed by atoms with Crippen molar-refractivity contribution in [2.75, 3.05) is 19.6 Å². The zero-order chi connectivity index (χ0) is 12.6. The third-order valence-electron chi connectivity index (χ3n) is 2.36. The van der Waals surface area contributed by atoms with E-state index < -0.39 is 6.04 Å². The third-order valence-corrected chi connectivity index (χ3v) is 2.36. The van der Waals surface area contributed by atoms with Crippen molar-refractivity contribution in [1.82, 2.24) is 4.90 Å². The maximum atomic E-state index is 11.7. The molecule has 0 saturated carbocycles. The lowest BCUT2D eigenvalue weighted by molar-refractivity contribution is -0.132. The van der Waals surface area contributed by atoms with Crippen LogP contribution in [0.3, 0.4) is 0 Å². The summed E-state index contributed by atoms with van der Waals surface area (Å²) in [5.41, 5.74) is 16.1. The molecule has 0 unspecified atom stereocenters. The molecule has 18 heavy (non-hydrogen) atoms. The molecule has 0 bridgehead atoms. The number of likely N-dealkylation sites (N-methyl/N-ethyl adjacent to an activating group) is 1. The molecule has 0 aromatic heterocycles. The summed E-state index contributed by atoms with van der Waals surface area (Å²) in [6, 6.07) is -0.450. The van der Waals surface area contributed by atoms with Crippen molar-refractivity contribution >= 4 is 36.7 Å². The third kappa shape index (κ3) is 9.32. The zero-order valence-corrected chi connectivity index (χ0v) is 12.6. The molecule has 1 amide bonds. The van der Waals surface area contributed by atoms with E-state index in [2.05, 4.69) is 4.99 Å². The lowest BCUT2D eigenvalue weighted by Crippen LogP contribution is -2.43. The molecular weight excluding hydrogens is 277 g/mol. The predicted molar refractivity (Wildman–Crippen MR) is 80.3 cm³/mol. The number of guanidine groups is 1. The second-order valence-corrected chi connectivity index (χ2v) is 3.57. The van der Waals surface area contributed by atoms with Crippen LogP contribution in [0, 0.1) is 0 Å². The van der Waals surface area contributed by atoms with Crippen molar-refractivity contribution in [2.45, 2.75) is 32.7 Å². The second kappa shape index (κ2) is 12.7. The Balaban J connectivity index is -0.00000112. The highest BCUT2D eigenvalue weighted by atomic mass is 35.5. The number of carbonyl (C=O) groups is 1. The minimum atomic E-state index is -0.450. The minimum absolute atomic E-state index is 0. The highest BCUT2D eigenvalue weighted by Gasteiger charge is 2.17. The van der Waals surface area contributed by atoms with Gasteiger partial charge in [0.05, 0.1) is 6.04 Å². The highest BCUT2D eigenvalue weighted by molar-refractivity contribution is 5.85. The standard InChI is InChI=1S/C10H23N5O.2ClH/c1-3-15(4-2)9(16)8(11)6-5-7-14-10(12)13;;/h8H,3-7,11H2,1-2H3,(H4,12,13,14);2*1H/t8-;;/m0../s1. The van der Waals surface area contributed by atoms with Crippen LogP contribution in [0.15, 0.2) is 4.99 Å². The number of nitrogens with zero attached hydrogens (tertiary/aromatic N) is 2. The van der Waals surface area contributed by atoms with E-state index in [1.54, 1.807) is 4.90 Å². The number of carbonyl (C=O) groups excluding carboxylic acids is 1. The van der Waals surface area contributed by atoms with E-state index in [1.165, 1.54) is 0 Å². The van der Waals surface area contributed by atoms with Crippen LogP contribution in [0.5, 0.6) is 0 Å². The van der Waals surface area contributed by atoms with Gasteiger partial charge in [-0.1, -0.05) is 0 Å². The van der Waals surface area contributed by atoms with Crippen molar-refractivity contribution in [3.05, 3.63) is 0 Å². The SMILES string of the molecule is CCN(CC)C(=O)[C@@H](N)CCCN=C(N)N.Cl.Cl. The first kappa shape index (κ1) is 22.5. The number of rotatable bonds is 7. The average Bonchev–Trinajstić information content (AvgIpc) is 2.25. The Morgan fingerprint density at radius 3 is 2.11 bits per heavy atom. The van der Waals surface area contributed by atoms with Crippen LogP contribution in [0.4, 0.5) is 0 Å². The fourth-order valence-electron chi connectivity index (χ4n) is 1.41. The van der Waals surface area contributed by atoms with Crippen molar-refractivity contribution < 1.29 is 4.79 Å². The Kier molecular flexibility index (Phi) is 15.9. The van der Waals surface area contributed by atoms with Gasteiger partial charge in [0.25, 0.3) is 0 Å². The Morgan fingerprint density at radius 2 is 1.72 bits per heavy atom. The first-order valence-electron chi connectivity index (χ1n) is 5.62. The van der Waals surface area contributed by atoms with E-state index in [0.717, 1.165) is 0 Å². The number of amides is 1. The van der Waals surface area contributed by atoms with Crippen LogP contribution in [0.25, 0.3) is 0 Å². The van der Waals surface area contributed by atoms with Crippen molar-refractivity contribution in [2.24, 2.45) is 22.2 Å². The second-order valence-electron chi connectivity index (χ2n) is 3.57. The van der Waals surface area contributed by atoms with Crippen LogP contribution in [-0.4, -0.2) is 42.4 Å². The molecule has 8 heteroatoms. The van der Waals surface area contributed by atoms with Crippen molar-refractivity contribution in [3.63, 3.8) is 0 Å². The normalized spacial score (nSPS) is 10.6. The van der Waals surface area contributed by atoms with Gasteiger partial charge in [0.1, 0.15) is 0 Å². The number of halogens is 2. The maximum Gasteiger partial charge on any atom is 0.239 e. The lowest BCUT2D eigenvalue weighted by atomic mass is 10.1. The summed E-state index contributed by atoms with van der Waals surface area (Å²) in [6.07, 6.45) is 1.32. The molecule has 0 aromatic rings. The fourth-order valence-corrected chi connectivity index (χ4v) is 1.41. The van der Waals surface area contributed by atoms with Gasteiger partial charge in [0.15, 0.2) is 5.96 Å². The average molecular weight is 302 g/mol. The van der Waals surface area contributed by atoms with Gasteiger partial charge >= 0.3 is 0 Å². The van der Waals surface area contributed by atoms with E-state index in [0.29, 0.717) is 32.5 Å². The van der Waals surface area contributed by atoms with E-state index in [-0.39, 0.29) is 36.7 Å². The largest absolute Gasteiger partial charge is 0.370 e. The van der Waals surface area contributed by atoms with Gasteiger partial charge in [0.2, 0.25) is 5.91 Å². The van der Waals surface area contributed by atoms with Crippen LogP contribution in [0.2, 0.25) is 0 Å². The molecule has 6 N–H and O–H groups in total. The lowest BCUT2D eigenvalue weighted by Gasteiger charge is -2.22. The molecule has 110 valence electrons. The molecule has 6 nitrogen and oxygen atoms in total. The molecule has 0 aliphatic heterocycles. The topological polar surface area (TPSA) is 111 Å². The quantitative estimate of drug-likeness (QED) is 0.351. The van der Waals surface area contributed by atoms with Gasteiger partial charge in [0, 0.05) is 19.6 Å². The Labute approximate surface area is 121 Å². The van der Waals surface area contributed by atoms with Gasteiger partial charge in [-0.05, 0) is 26.7 Å². The fraction of sp³-hybridized carbons (Fsp3) is 0.800. The molecule has 0 aliphatic rings. The van der Waals surface area contributed by atoms with Gasteiger partial charge in [-0.25, -0.2) is 0 Å². The molecule has 0 rings (SSSR count). The van der Waals surface area contributed by atoms with Crippen molar-refractivity contribution in [1.29, 1.82) is 0 Å². The van der Waals surface area contributed by atoms with E-state index in [4.69, 9.17) is 17.2 Å². The highest BCUT2D eigenvalue weighted by Crippen LogP contribution is 2.00. The minimum Gasteiger partial charge on any atom is -0.370 e. The van der Waals surface area contributed by atoms with E-state index >= 15 is 0 Å². The number of aliphatic imine (C=N–C) groups is 1. The predicted octanol–water partition coefficient (Wildman–Crippen LogP) is 0.0793. The van der Waals surface area contributed by atoms with Gasteiger partial charge in [-0.15, -0.1) is 24.8 Å². The van der Waals surface area contributed by atoms with Gasteiger partial charge in [-0.2, -0.15) is 0 Å². The molecule has 0 aliphatic carbocycles. The van der Waals surface area contributed by atoms with E-state index in [1.807, 2.05) is 13.8 Å². The van der Waals surface area contributed by atoms with Gasteiger partial charge < -0.3 is 22.1 Å². The Bertz CT molecular complexity index is 242. The first-order valence-corrected chi connectivity index (χ1v) is 5.62. The molecule has 1 atom stereocenters. The van der Waals surface area contributed by atoms with Crippen molar-refractivity contribution in [3.8, 4) is 0 Å². The maximum absolute atomic E-state index is 11.7. The number of nitrogens with two attached hydrogens (primary N) is 3. The number of hydrogen-bond donors (Lipinski definition) is 3. The molecule has 0 spiro atoms. The van der Waals surface area contributed by atoms with Crippen LogP contribution < -0.4 is 17.2 Å². The zero-order valence-electron chi connectivity index (χ0n) is 11.0. The monoisotopic (exact) mass is 301 g/mol. The molecule has 0 radical (unpaired) electrons. The summed E-state index contributed by atoms with van der Waals surface area (Å²) in [6.45, 7) is 5.77. The summed E-state index contributed by atoms with van der Waals surface area (Å²) in [5.74, 6) is 0.0679. The Morgan fingerprint density at radius 1 is 1.22 bits per heavy atom. The molecule has 0 heterocycles. The molecule has 0 aromatic carbocycles. The van der Waals surface area contributed by atoms with Crippen LogP contribution in [0.1, 0.15) is 26.7 Å². The summed E-state index contributed by atoms with van der Waals surface area (Å²) in [5, 5.41) is 0. The van der Waals surface area contributed by atoms with Crippen LogP contribution >= 0.6 is 24.8 Å². The smallest absolute Gasteiger partial charge is 0.239 e. The summed E-state index contributed by atoms with van der Waals surface area (Å²) < 4.78 is 0.